The molecule has 172 valence electrons. The van der Waals surface area contributed by atoms with Crippen LogP contribution in [-0.2, 0) is 31.9 Å². The van der Waals surface area contributed by atoms with E-state index < -0.39 is 6.04 Å². The van der Waals surface area contributed by atoms with Gasteiger partial charge in [-0.05, 0) is 70.9 Å². The van der Waals surface area contributed by atoms with Crippen LogP contribution in [0.15, 0.2) is 0 Å². The van der Waals surface area contributed by atoms with Gasteiger partial charge in [0, 0.05) is 11.4 Å². The number of nitrogens with zero attached hydrogens (tertiary/aromatic N) is 1. The first-order valence-electron chi connectivity index (χ1n) is 11.4. The summed E-state index contributed by atoms with van der Waals surface area (Å²) in [6.45, 7) is 9.58. The number of likely N-dealkylation sites (tertiary alicyclic amines) is 1. The van der Waals surface area contributed by atoms with E-state index in [1.165, 1.54) is 16.2 Å². The van der Waals surface area contributed by atoms with Gasteiger partial charge in [-0.2, -0.15) is 0 Å². The van der Waals surface area contributed by atoms with E-state index >= 15 is 0 Å². The molecule has 0 saturated carbocycles. The summed E-state index contributed by atoms with van der Waals surface area (Å²) in [5.41, 5.74) is 1.56. The van der Waals surface area contributed by atoms with Crippen molar-refractivity contribution < 1.29 is 23.9 Å². The predicted molar refractivity (Wildman–Crippen MR) is 120 cm³/mol. The number of ether oxygens (including phenoxy) is 2. The van der Waals surface area contributed by atoms with Crippen LogP contribution in [0.4, 0.5) is 5.00 Å². The van der Waals surface area contributed by atoms with E-state index in [1.54, 1.807) is 13.8 Å². The van der Waals surface area contributed by atoms with Gasteiger partial charge < -0.3 is 14.8 Å². The Bertz CT molecular complexity index is 821. The molecule has 1 aliphatic carbocycles. The molecule has 1 fully saturated rings. The molecule has 0 spiro atoms. The first-order chi connectivity index (χ1) is 14.8. The fourth-order valence-corrected chi connectivity index (χ4v) is 5.85. The van der Waals surface area contributed by atoms with Crippen LogP contribution in [0.1, 0.15) is 67.8 Å². The topological polar surface area (TPSA) is 84.9 Å². The van der Waals surface area contributed by atoms with Gasteiger partial charge in [-0.3, -0.25) is 14.5 Å². The second-order valence-corrected chi connectivity index (χ2v) is 9.63. The van der Waals surface area contributed by atoms with Crippen molar-refractivity contribution in [2.75, 3.05) is 31.6 Å². The summed E-state index contributed by atoms with van der Waals surface area (Å²) < 4.78 is 10.5. The largest absolute Gasteiger partial charge is 0.466 e. The number of piperidine rings is 1. The number of carbonyl (C=O) groups is 3. The Balaban J connectivity index is 1.75. The average Bonchev–Trinajstić information content (AvgIpc) is 3.10. The number of nitrogens with one attached hydrogen (secondary N) is 1. The highest BCUT2D eigenvalue weighted by atomic mass is 32.1. The van der Waals surface area contributed by atoms with Crippen molar-refractivity contribution in [3.8, 4) is 0 Å². The minimum atomic E-state index is -0.412. The lowest BCUT2D eigenvalue weighted by Crippen LogP contribution is -2.48. The number of rotatable bonds is 7. The molecule has 3 atom stereocenters. The summed E-state index contributed by atoms with van der Waals surface area (Å²) in [5.74, 6) is -0.351. The molecule has 2 heterocycles. The Kier molecular flexibility index (Phi) is 8.11. The quantitative estimate of drug-likeness (QED) is 0.639. The van der Waals surface area contributed by atoms with Crippen LogP contribution in [0, 0.1) is 11.8 Å². The Morgan fingerprint density at radius 3 is 2.65 bits per heavy atom. The highest BCUT2D eigenvalue weighted by molar-refractivity contribution is 7.17. The minimum absolute atomic E-state index is 0.165. The van der Waals surface area contributed by atoms with Crippen LogP contribution in [0.2, 0.25) is 0 Å². The van der Waals surface area contributed by atoms with Gasteiger partial charge >= 0.3 is 11.9 Å². The maximum absolute atomic E-state index is 13.1. The fourth-order valence-electron chi connectivity index (χ4n) is 4.45. The number of amides is 1. The van der Waals surface area contributed by atoms with Gasteiger partial charge in [0.25, 0.3) is 0 Å². The first-order valence-corrected chi connectivity index (χ1v) is 12.2. The lowest BCUT2D eigenvalue weighted by Gasteiger charge is -2.35. The van der Waals surface area contributed by atoms with Crippen LogP contribution in [0.25, 0.3) is 0 Å². The molecule has 1 saturated heterocycles. The lowest BCUT2D eigenvalue weighted by molar-refractivity contribution is -0.150. The number of esters is 2. The first kappa shape index (κ1) is 23.7. The van der Waals surface area contributed by atoms with Gasteiger partial charge in [0.1, 0.15) is 5.00 Å². The number of hydrogen-bond donors (Lipinski definition) is 1. The van der Waals surface area contributed by atoms with E-state index in [0.717, 1.165) is 44.2 Å². The zero-order valence-electron chi connectivity index (χ0n) is 19.0. The summed E-state index contributed by atoms with van der Waals surface area (Å²) in [4.78, 5) is 41.1. The van der Waals surface area contributed by atoms with Crippen LogP contribution in [0.5, 0.6) is 0 Å². The van der Waals surface area contributed by atoms with Gasteiger partial charge in [0.05, 0.1) is 30.7 Å². The summed E-state index contributed by atoms with van der Waals surface area (Å²) in [6, 6.07) is -0.412. The maximum atomic E-state index is 13.1. The maximum Gasteiger partial charge on any atom is 0.341 e. The van der Waals surface area contributed by atoms with Crippen LogP contribution in [-0.4, -0.2) is 55.1 Å². The smallest absolute Gasteiger partial charge is 0.341 e. The van der Waals surface area contributed by atoms with E-state index in [4.69, 9.17) is 9.47 Å². The van der Waals surface area contributed by atoms with Crippen LogP contribution < -0.4 is 5.32 Å². The van der Waals surface area contributed by atoms with E-state index in [1.807, 2.05) is 11.8 Å². The Hall–Kier alpha value is -1.93. The molecule has 31 heavy (non-hydrogen) atoms. The molecular weight excluding hydrogens is 416 g/mol. The van der Waals surface area contributed by atoms with E-state index in [-0.39, 0.29) is 23.8 Å². The van der Waals surface area contributed by atoms with E-state index in [9.17, 15) is 14.4 Å². The lowest BCUT2D eigenvalue weighted by atomic mass is 9.88. The summed E-state index contributed by atoms with van der Waals surface area (Å²) >= 11 is 1.50. The van der Waals surface area contributed by atoms with Crippen molar-refractivity contribution in [3.05, 3.63) is 16.0 Å². The Morgan fingerprint density at radius 2 is 1.94 bits per heavy atom. The van der Waals surface area contributed by atoms with Crippen molar-refractivity contribution >= 4 is 34.2 Å². The van der Waals surface area contributed by atoms with Gasteiger partial charge in [-0.25, -0.2) is 4.79 Å². The molecule has 1 aromatic heterocycles. The highest BCUT2D eigenvalue weighted by Crippen LogP contribution is 2.40. The number of hydrogen-bond acceptors (Lipinski definition) is 7. The third-order valence-corrected chi connectivity index (χ3v) is 7.40. The van der Waals surface area contributed by atoms with Crippen molar-refractivity contribution in [1.29, 1.82) is 0 Å². The number of anilines is 1. The molecule has 0 unspecified atom stereocenters. The molecular formula is C23H34N2O5S. The van der Waals surface area contributed by atoms with Crippen LogP contribution >= 0.6 is 11.3 Å². The molecule has 2 aliphatic rings. The van der Waals surface area contributed by atoms with Crippen molar-refractivity contribution in [2.45, 2.75) is 65.8 Å². The Labute approximate surface area is 188 Å². The van der Waals surface area contributed by atoms with E-state index in [2.05, 4.69) is 12.2 Å². The Morgan fingerprint density at radius 1 is 1.19 bits per heavy atom. The molecule has 7 nitrogen and oxygen atoms in total. The minimum Gasteiger partial charge on any atom is -0.466 e. The normalized spacial score (nSPS) is 22.3. The van der Waals surface area contributed by atoms with Gasteiger partial charge in [0.2, 0.25) is 5.91 Å². The molecule has 1 aliphatic heterocycles. The second kappa shape index (κ2) is 10.6. The van der Waals surface area contributed by atoms with Crippen molar-refractivity contribution in [3.63, 3.8) is 0 Å². The monoisotopic (exact) mass is 450 g/mol. The molecule has 8 heteroatoms. The zero-order valence-corrected chi connectivity index (χ0v) is 19.8. The number of fused-ring (bicyclic) bond motifs is 1. The van der Waals surface area contributed by atoms with Gasteiger partial charge in [0.15, 0.2) is 0 Å². The van der Waals surface area contributed by atoms with Crippen molar-refractivity contribution in [2.24, 2.45) is 11.8 Å². The summed E-state index contributed by atoms with van der Waals surface area (Å²) in [6.07, 6.45) is 4.42. The zero-order chi connectivity index (χ0) is 22.5. The second-order valence-electron chi connectivity index (χ2n) is 8.53. The average molecular weight is 451 g/mol. The predicted octanol–water partition coefficient (Wildman–Crippen LogP) is 3.65. The number of thiophene rings is 1. The van der Waals surface area contributed by atoms with E-state index in [0.29, 0.717) is 36.2 Å². The molecule has 1 aromatic rings. The fraction of sp³-hybridized carbons (Fsp3) is 0.696. The molecule has 0 bridgehead atoms. The molecule has 1 N–H and O–H groups in total. The van der Waals surface area contributed by atoms with Gasteiger partial charge in [-0.15, -0.1) is 11.3 Å². The molecule has 0 radical (unpaired) electrons. The SMILES string of the molecule is CCOC(=O)c1c(NC(=O)[C@H](C)N2CCC[C@@H](C(=O)OCC)C2)sc2c1CC[C@@H](C)C2. The summed E-state index contributed by atoms with van der Waals surface area (Å²) in [7, 11) is 0. The summed E-state index contributed by atoms with van der Waals surface area (Å²) in [5, 5.41) is 3.60. The molecule has 0 aromatic carbocycles. The highest BCUT2D eigenvalue weighted by Gasteiger charge is 2.33. The van der Waals surface area contributed by atoms with Gasteiger partial charge in [-0.1, -0.05) is 6.92 Å². The standard InChI is InChI=1S/C23H34N2O5S/c1-5-29-22(27)16-8-7-11-25(13-16)15(4)20(26)24-21-19(23(28)30-6-2)17-10-9-14(3)12-18(17)31-21/h14-16H,5-13H2,1-4H3,(H,24,26)/t14-,15+,16-/m1/s1. The third-order valence-electron chi connectivity index (χ3n) is 6.23. The number of carbonyl (C=O) groups excluding carboxylic acids is 3. The third kappa shape index (κ3) is 5.47. The van der Waals surface area contributed by atoms with Crippen LogP contribution in [0.3, 0.4) is 0 Å². The molecule has 1 amide bonds. The van der Waals surface area contributed by atoms with Crippen molar-refractivity contribution in [1.82, 2.24) is 4.90 Å². The molecule has 3 rings (SSSR count).